The molecule has 1 heterocycles. The van der Waals surface area contributed by atoms with Gasteiger partial charge in [0.2, 0.25) is 0 Å². The molecule has 0 amide bonds. The van der Waals surface area contributed by atoms with Crippen LogP contribution in [0.15, 0.2) is 24.3 Å². The molecule has 1 atom stereocenters. The van der Waals surface area contributed by atoms with E-state index in [1.165, 1.54) is 0 Å². The maximum absolute atomic E-state index is 9.58. The summed E-state index contributed by atoms with van der Waals surface area (Å²) in [6, 6.07) is 7.78. The lowest BCUT2D eigenvalue weighted by Gasteiger charge is -2.15. The first kappa shape index (κ1) is 12.3. The van der Waals surface area contributed by atoms with Crippen molar-refractivity contribution in [1.29, 1.82) is 0 Å². The molecule has 1 aromatic rings. The van der Waals surface area contributed by atoms with Gasteiger partial charge in [0, 0.05) is 31.2 Å². The fraction of sp³-hybridized carbons (Fsp3) is 0.455. The van der Waals surface area contributed by atoms with Crippen molar-refractivity contribution < 1.29 is 5.11 Å². The van der Waals surface area contributed by atoms with Gasteiger partial charge in [-0.05, 0) is 12.5 Å². The predicted molar refractivity (Wildman–Crippen MR) is 63.2 cm³/mol. The lowest BCUT2D eigenvalue weighted by molar-refractivity contribution is 0.320. The lowest BCUT2D eigenvalue weighted by Crippen LogP contribution is -2.26. The van der Waals surface area contributed by atoms with E-state index in [0.29, 0.717) is 11.8 Å². The molecule has 0 bridgehead atoms. The topological polar surface area (TPSA) is 49.5 Å². The molecule has 0 saturated carbocycles. The molecule has 0 unspecified atom stereocenters. The third kappa shape index (κ3) is 3.09. The number of hydrogen-bond acceptors (Lipinski definition) is 3. The smallest absolute Gasteiger partial charge is 0.120 e. The van der Waals surface area contributed by atoms with Crippen LogP contribution in [0.3, 0.4) is 0 Å². The van der Waals surface area contributed by atoms with E-state index in [2.05, 4.69) is 4.90 Å². The Bertz CT molecular complexity index is 319. The van der Waals surface area contributed by atoms with Crippen molar-refractivity contribution in [1.82, 2.24) is 4.90 Å². The molecule has 0 aromatic heterocycles. The number of halogens is 1. The minimum absolute atomic E-state index is 0. The third-order valence-corrected chi connectivity index (χ3v) is 2.69. The van der Waals surface area contributed by atoms with E-state index in [1.54, 1.807) is 6.07 Å². The van der Waals surface area contributed by atoms with Gasteiger partial charge >= 0.3 is 0 Å². The zero-order valence-corrected chi connectivity index (χ0v) is 9.41. The first-order chi connectivity index (χ1) is 6.75. The summed E-state index contributed by atoms with van der Waals surface area (Å²) in [6.45, 7) is 2.78. The summed E-state index contributed by atoms with van der Waals surface area (Å²) >= 11 is 0. The van der Waals surface area contributed by atoms with Gasteiger partial charge in [-0.2, -0.15) is 0 Å². The number of nitrogens with two attached hydrogens (primary N) is 1. The quantitative estimate of drug-likeness (QED) is 0.804. The van der Waals surface area contributed by atoms with Gasteiger partial charge < -0.3 is 10.8 Å². The fourth-order valence-corrected chi connectivity index (χ4v) is 1.89. The number of likely N-dealkylation sites (tertiary alicyclic amines) is 1. The highest BCUT2D eigenvalue weighted by Gasteiger charge is 2.19. The molecule has 4 heteroatoms. The maximum Gasteiger partial charge on any atom is 0.120 e. The van der Waals surface area contributed by atoms with Crippen molar-refractivity contribution >= 4 is 12.4 Å². The summed E-state index contributed by atoms with van der Waals surface area (Å²) in [6.07, 6.45) is 1.06. The van der Waals surface area contributed by atoms with Gasteiger partial charge in [-0.1, -0.05) is 18.2 Å². The van der Waals surface area contributed by atoms with Crippen molar-refractivity contribution in [3.05, 3.63) is 29.8 Å². The van der Waals surface area contributed by atoms with Crippen LogP contribution in [0, 0.1) is 0 Å². The number of rotatable bonds is 2. The third-order valence-electron chi connectivity index (χ3n) is 2.69. The second-order valence-corrected chi connectivity index (χ2v) is 3.91. The number of para-hydroxylation sites is 1. The normalized spacial score (nSPS) is 21.3. The van der Waals surface area contributed by atoms with Crippen LogP contribution in [0.5, 0.6) is 5.75 Å². The van der Waals surface area contributed by atoms with E-state index >= 15 is 0 Å². The summed E-state index contributed by atoms with van der Waals surface area (Å²) in [4.78, 5) is 2.28. The van der Waals surface area contributed by atoms with E-state index in [1.807, 2.05) is 18.2 Å². The molecule has 1 aromatic carbocycles. The molecule has 0 spiro atoms. The zero-order valence-electron chi connectivity index (χ0n) is 8.60. The predicted octanol–water partition coefficient (Wildman–Crippen LogP) is 1.35. The van der Waals surface area contributed by atoms with E-state index in [0.717, 1.165) is 31.6 Å². The highest BCUT2D eigenvalue weighted by atomic mass is 35.5. The average Bonchev–Trinajstić information content (AvgIpc) is 2.56. The standard InChI is InChI=1S/C11H16N2O.ClH/c12-10-5-6-13(8-10)7-9-3-1-2-4-11(9)14;/h1-4,10,14H,5-8,12H2;1H/t10-;/m0./s1. The molecule has 0 aliphatic carbocycles. The summed E-state index contributed by atoms with van der Waals surface area (Å²) in [5.41, 5.74) is 6.80. The number of hydrogen-bond donors (Lipinski definition) is 2. The van der Waals surface area contributed by atoms with Crippen LogP contribution in [0.1, 0.15) is 12.0 Å². The van der Waals surface area contributed by atoms with Gasteiger partial charge in [0.1, 0.15) is 5.75 Å². The summed E-state index contributed by atoms with van der Waals surface area (Å²) in [5.74, 6) is 0.382. The molecule has 3 nitrogen and oxygen atoms in total. The second kappa shape index (κ2) is 5.35. The Morgan fingerprint density at radius 2 is 2.13 bits per heavy atom. The van der Waals surface area contributed by atoms with Crippen LogP contribution in [0.25, 0.3) is 0 Å². The van der Waals surface area contributed by atoms with Crippen molar-refractivity contribution in [2.75, 3.05) is 13.1 Å². The number of phenolic OH excluding ortho intramolecular Hbond substituents is 1. The number of benzene rings is 1. The Morgan fingerprint density at radius 1 is 1.40 bits per heavy atom. The number of nitrogens with zero attached hydrogens (tertiary/aromatic N) is 1. The van der Waals surface area contributed by atoms with Gasteiger partial charge in [0.05, 0.1) is 0 Å². The van der Waals surface area contributed by atoms with Crippen LogP contribution < -0.4 is 5.73 Å². The van der Waals surface area contributed by atoms with Crippen LogP contribution >= 0.6 is 12.4 Å². The van der Waals surface area contributed by atoms with Gasteiger partial charge in [-0.3, -0.25) is 4.90 Å². The fourth-order valence-electron chi connectivity index (χ4n) is 1.89. The van der Waals surface area contributed by atoms with Crippen LogP contribution in [-0.4, -0.2) is 29.1 Å². The van der Waals surface area contributed by atoms with Gasteiger partial charge in [0.15, 0.2) is 0 Å². The van der Waals surface area contributed by atoms with E-state index < -0.39 is 0 Å². The zero-order chi connectivity index (χ0) is 9.97. The van der Waals surface area contributed by atoms with Crippen molar-refractivity contribution in [3.63, 3.8) is 0 Å². The number of aromatic hydroxyl groups is 1. The molecular formula is C11H17ClN2O. The molecule has 15 heavy (non-hydrogen) atoms. The van der Waals surface area contributed by atoms with Crippen LogP contribution in [0.2, 0.25) is 0 Å². The highest BCUT2D eigenvalue weighted by molar-refractivity contribution is 5.85. The van der Waals surface area contributed by atoms with E-state index in [9.17, 15) is 5.11 Å². The second-order valence-electron chi connectivity index (χ2n) is 3.91. The molecule has 1 aliphatic rings. The summed E-state index contributed by atoms with van der Waals surface area (Å²) < 4.78 is 0. The van der Waals surface area contributed by atoms with Crippen molar-refractivity contribution in [2.45, 2.75) is 19.0 Å². The molecular weight excluding hydrogens is 212 g/mol. The van der Waals surface area contributed by atoms with Gasteiger partial charge in [0.25, 0.3) is 0 Å². The number of phenols is 1. The van der Waals surface area contributed by atoms with E-state index in [4.69, 9.17) is 5.73 Å². The van der Waals surface area contributed by atoms with Crippen LogP contribution in [0.4, 0.5) is 0 Å². The minimum atomic E-state index is 0. The Kier molecular flexibility index (Phi) is 4.39. The Labute approximate surface area is 96.3 Å². The molecule has 2 rings (SSSR count). The highest BCUT2D eigenvalue weighted by Crippen LogP contribution is 2.19. The lowest BCUT2D eigenvalue weighted by atomic mass is 10.2. The molecule has 84 valence electrons. The van der Waals surface area contributed by atoms with Crippen molar-refractivity contribution in [3.8, 4) is 5.75 Å². The molecule has 3 N–H and O–H groups in total. The van der Waals surface area contributed by atoms with Crippen molar-refractivity contribution in [2.24, 2.45) is 5.73 Å². The molecule has 1 saturated heterocycles. The maximum atomic E-state index is 9.58. The largest absolute Gasteiger partial charge is 0.508 e. The Morgan fingerprint density at radius 3 is 2.73 bits per heavy atom. The Balaban J connectivity index is 0.00000112. The molecule has 1 fully saturated rings. The van der Waals surface area contributed by atoms with Gasteiger partial charge in [-0.25, -0.2) is 0 Å². The monoisotopic (exact) mass is 228 g/mol. The summed E-state index contributed by atoms with van der Waals surface area (Å²) in [5, 5.41) is 9.58. The van der Waals surface area contributed by atoms with Gasteiger partial charge in [-0.15, -0.1) is 12.4 Å². The molecule has 1 aliphatic heterocycles. The first-order valence-electron chi connectivity index (χ1n) is 5.00. The van der Waals surface area contributed by atoms with Crippen LogP contribution in [-0.2, 0) is 6.54 Å². The van der Waals surface area contributed by atoms with E-state index in [-0.39, 0.29) is 12.4 Å². The molecule has 0 radical (unpaired) electrons. The minimum Gasteiger partial charge on any atom is -0.508 e. The summed E-state index contributed by atoms with van der Waals surface area (Å²) in [7, 11) is 0. The average molecular weight is 229 g/mol. The SMILES string of the molecule is Cl.N[C@H]1CCN(Cc2ccccc2O)C1. The first-order valence-corrected chi connectivity index (χ1v) is 5.00. The Hall–Kier alpha value is -0.770.